The number of aryl methyl sites for hydroxylation is 2. The molecule has 0 unspecified atom stereocenters. The number of hydrogen-bond acceptors (Lipinski definition) is 4. The molecule has 0 spiro atoms. The first kappa shape index (κ1) is 22.8. The van der Waals surface area contributed by atoms with E-state index in [-0.39, 0.29) is 5.91 Å². The second-order valence-corrected chi connectivity index (χ2v) is 9.24. The molecule has 0 saturated heterocycles. The molecule has 7 nitrogen and oxygen atoms in total. The summed E-state index contributed by atoms with van der Waals surface area (Å²) in [5.41, 5.74) is 4.18. The summed E-state index contributed by atoms with van der Waals surface area (Å²) in [6, 6.07) is 17.3. The Morgan fingerprint density at radius 3 is 2.60 bits per heavy atom. The van der Waals surface area contributed by atoms with E-state index in [2.05, 4.69) is 10.4 Å². The summed E-state index contributed by atoms with van der Waals surface area (Å²) in [5, 5.41) is 7.21. The van der Waals surface area contributed by atoms with Crippen molar-refractivity contribution in [3.05, 3.63) is 84.4 Å². The van der Waals surface area contributed by atoms with E-state index < -0.39 is 0 Å². The minimum Gasteiger partial charge on any atom is -0.300 e. The van der Waals surface area contributed by atoms with Crippen LogP contribution < -0.4 is 5.32 Å². The number of imidazole rings is 1. The fraction of sp³-hybridized carbons (Fsp3) is 0.286. The van der Waals surface area contributed by atoms with Gasteiger partial charge in [0.2, 0.25) is 5.95 Å². The standard InChI is InChI=1S/C28H29N5O2/c1-32-18-23(17-29-32)21-7-5-8-22(16-21)27(35)31-28-30-24(9-6-12-26(34)15-20-13-14-20)19-33(28)25-10-3-2-4-11-25/h2-5,7-8,10-11,16-20H,6,9,12-15H2,1H3,(H,30,31,35). The molecule has 4 aromatic rings. The predicted octanol–water partition coefficient (Wildman–Crippen LogP) is 5.22. The van der Waals surface area contributed by atoms with E-state index >= 15 is 0 Å². The van der Waals surface area contributed by atoms with E-state index in [9.17, 15) is 9.59 Å². The molecule has 5 rings (SSSR count). The summed E-state index contributed by atoms with van der Waals surface area (Å²) in [4.78, 5) is 30.0. The highest BCUT2D eigenvalue weighted by atomic mass is 16.1. The number of hydrogen-bond donors (Lipinski definition) is 1. The summed E-state index contributed by atoms with van der Waals surface area (Å²) >= 11 is 0. The van der Waals surface area contributed by atoms with Crippen molar-refractivity contribution in [3.8, 4) is 16.8 Å². The van der Waals surface area contributed by atoms with Crippen LogP contribution in [0, 0.1) is 5.92 Å². The molecule has 0 atom stereocenters. The highest BCUT2D eigenvalue weighted by molar-refractivity contribution is 6.04. The van der Waals surface area contributed by atoms with Crippen molar-refractivity contribution < 1.29 is 9.59 Å². The zero-order valence-corrected chi connectivity index (χ0v) is 19.9. The largest absolute Gasteiger partial charge is 0.300 e. The lowest BCUT2D eigenvalue weighted by molar-refractivity contribution is -0.119. The lowest BCUT2D eigenvalue weighted by Gasteiger charge is -2.09. The molecule has 35 heavy (non-hydrogen) atoms. The number of aromatic nitrogens is 4. The zero-order valence-electron chi connectivity index (χ0n) is 19.9. The first-order valence-corrected chi connectivity index (χ1v) is 12.1. The molecule has 1 N–H and O–H groups in total. The number of amides is 1. The minimum atomic E-state index is -0.232. The highest BCUT2D eigenvalue weighted by Gasteiger charge is 2.24. The predicted molar refractivity (Wildman–Crippen MR) is 135 cm³/mol. The van der Waals surface area contributed by atoms with Crippen molar-refractivity contribution in [2.24, 2.45) is 13.0 Å². The van der Waals surface area contributed by atoms with E-state index in [1.807, 2.05) is 72.5 Å². The van der Waals surface area contributed by atoms with Gasteiger partial charge in [-0.1, -0.05) is 30.3 Å². The van der Waals surface area contributed by atoms with Gasteiger partial charge in [-0.25, -0.2) is 4.98 Å². The van der Waals surface area contributed by atoms with E-state index in [1.54, 1.807) is 16.9 Å². The van der Waals surface area contributed by atoms with E-state index in [4.69, 9.17) is 4.98 Å². The third-order valence-corrected chi connectivity index (χ3v) is 6.28. The summed E-state index contributed by atoms with van der Waals surface area (Å²) in [7, 11) is 1.87. The summed E-state index contributed by atoms with van der Waals surface area (Å²) < 4.78 is 3.63. The molecule has 1 aliphatic rings. The van der Waals surface area contributed by atoms with Crippen LogP contribution in [-0.4, -0.2) is 31.0 Å². The fourth-order valence-electron chi connectivity index (χ4n) is 4.22. The third-order valence-electron chi connectivity index (χ3n) is 6.28. The first-order valence-electron chi connectivity index (χ1n) is 12.1. The molecule has 0 aliphatic heterocycles. The molecule has 0 bridgehead atoms. The van der Waals surface area contributed by atoms with Gasteiger partial charge in [-0.05, 0) is 61.4 Å². The molecule has 0 radical (unpaired) electrons. The van der Waals surface area contributed by atoms with Gasteiger partial charge < -0.3 is 0 Å². The molecule has 1 saturated carbocycles. The number of carbonyl (C=O) groups excluding carboxylic acids is 2. The number of Topliss-reactive ketones (excluding diaryl/α,β-unsaturated/α-hetero) is 1. The molecular weight excluding hydrogens is 438 g/mol. The van der Waals surface area contributed by atoms with Gasteiger partial charge in [0.05, 0.1) is 11.9 Å². The second-order valence-electron chi connectivity index (χ2n) is 9.24. The number of nitrogens with one attached hydrogen (secondary N) is 1. The molecule has 1 aliphatic carbocycles. The Kier molecular flexibility index (Phi) is 6.57. The van der Waals surface area contributed by atoms with Crippen molar-refractivity contribution in [2.75, 3.05) is 5.32 Å². The number of carbonyl (C=O) groups is 2. The van der Waals surface area contributed by atoms with Crippen LogP contribution >= 0.6 is 0 Å². The van der Waals surface area contributed by atoms with Gasteiger partial charge in [0.1, 0.15) is 5.78 Å². The van der Waals surface area contributed by atoms with Gasteiger partial charge in [-0.2, -0.15) is 5.10 Å². The number of para-hydroxylation sites is 1. The first-order chi connectivity index (χ1) is 17.0. The maximum Gasteiger partial charge on any atom is 0.258 e. The van der Waals surface area contributed by atoms with Crippen molar-refractivity contribution in [1.82, 2.24) is 19.3 Å². The van der Waals surface area contributed by atoms with E-state index in [0.29, 0.717) is 36.1 Å². The molecule has 7 heteroatoms. The molecule has 2 aromatic heterocycles. The molecule has 1 fully saturated rings. The Morgan fingerprint density at radius 1 is 1.03 bits per heavy atom. The smallest absolute Gasteiger partial charge is 0.258 e. The van der Waals surface area contributed by atoms with Gasteiger partial charge in [-0.15, -0.1) is 0 Å². The third kappa shape index (κ3) is 5.74. The van der Waals surface area contributed by atoms with Crippen LogP contribution in [0.1, 0.15) is 48.2 Å². The Morgan fingerprint density at radius 2 is 1.86 bits per heavy atom. The van der Waals surface area contributed by atoms with E-state index in [1.165, 1.54) is 12.8 Å². The second kappa shape index (κ2) is 10.1. The van der Waals surface area contributed by atoms with Gasteiger partial charge in [0, 0.05) is 49.1 Å². The SMILES string of the molecule is Cn1cc(-c2cccc(C(=O)Nc3nc(CCCC(=O)CC4CC4)cn3-c3ccccc3)c2)cn1. The van der Waals surface area contributed by atoms with Crippen LogP contribution in [0.4, 0.5) is 5.95 Å². The topological polar surface area (TPSA) is 81.8 Å². The number of benzene rings is 2. The van der Waals surface area contributed by atoms with Crippen LogP contribution in [0.25, 0.3) is 16.8 Å². The highest BCUT2D eigenvalue weighted by Crippen LogP contribution is 2.33. The van der Waals surface area contributed by atoms with Gasteiger partial charge in [0.25, 0.3) is 5.91 Å². The molecule has 1 amide bonds. The summed E-state index contributed by atoms with van der Waals surface area (Å²) in [6.07, 6.45) is 10.8. The monoisotopic (exact) mass is 467 g/mol. The molecule has 2 aromatic carbocycles. The Hall–Kier alpha value is -4.00. The fourth-order valence-corrected chi connectivity index (χ4v) is 4.22. The average molecular weight is 468 g/mol. The number of rotatable bonds is 10. The van der Waals surface area contributed by atoms with Crippen LogP contribution in [0.5, 0.6) is 0 Å². The normalized spacial score (nSPS) is 13.1. The molecule has 2 heterocycles. The van der Waals surface area contributed by atoms with Crippen LogP contribution in [-0.2, 0) is 18.3 Å². The lowest BCUT2D eigenvalue weighted by atomic mass is 10.1. The Balaban J connectivity index is 1.33. The van der Waals surface area contributed by atoms with Gasteiger partial charge in [-0.3, -0.25) is 24.2 Å². The van der Waals surface area contributed by atoms with Crippen molar-refractivity contribution >= 4 is 17.6 Å². The zero-order chi connectivity index (χ0) is 24.2. The average Bonchev–Trinajstić information content (AvgIpc) is 3.42. The van der Waals surface area contributed by atoms with Crippen LogP contribution in [0.15, 0.2) is 73.2 Å². The lowest BCUT2D eigenvalue weighted by Crippen LogP contribution is -2.15. The number of anilines is 1. The number of ketones is 1. The minimum absolute atomic E-state index is 0.232. The van der Waals surface area contributed by atoms with Crippen LogP contribution in [0.2, 0.25) is 0 Å². The van der Waals surface area contributed by atoms with Crippen molar-refractivity contribution in [1.29, 1.82) is 0 Å². The maximum atomic E-state index is 13.2. The molecule has 178 valence electrons. The summed E-state index contributed by atoms with van der Waals surface area (Å²) in [6.45, 7) is 0. The summed E-state index contributed by atoms with van der Waals surface area (Å²) in [5.74, 6) is 1.20. The molecular formula is C28H29N5O2. The number of nitrogens with zero attached hydrogens (tertiary/aromatic N) is 4. The van der Waals surface area contributed by atoms with Gasteiger partial charge >= 0.3 is 0 Å². The van der Waals surface area contributed by atoms with Gasteiger partial charge in [0.15, 0.2) is 0 Å². The van der Waals surface area contributed by atoms with Crippen LogP contribution in [0.3, 0.4) is 0 Å². The van der Waals surface area contributed by atoms with Crippen molar-refractivity contribution in [3.63, 3.8) is 0 Å². The van der Waals surface area contributed by atoms with E-state index in [0.717, 1.165) is 35.3 Å². The Bertz CT molecular complexity index is 1330. The maximum absolute atomic E-state index is 13.2. The Labute approximate surface area is 204 Å². The van der Waals surface area contributed by atoms with Crippen molar-refractivity contribution in [2.45, 2.75) is 38.5 Å². The quantitative estimate of drug-likeness (QED) is 0.347.